The van der Waals surface area contributed by atoms with Gasteiger partial charge in [-0.3, -0.25) is 18.7 Å². The molecule has 2 heterocycles. The lowest BCUT2D eigenvalue weighted by atomic mass is 10.1. The molecule has 33 heavy (non-hydrogen) atoms. The summed E-state index contributed by atoms with van der Waals surface area (Å²) in [5, 5.41) is 4.37. The fourth-order valence-corrected chi connectivity index (χ4v) is 4.27. The molecule has 1 amide bonds. The highest BCUT2D eigenvalue weighted by atomic mass is 32.1. The second kappa shape index (κ2) is 9.07. The summed E-state index contributed by atoms with van der Waals surface area (Å²) in [5.74, 6) is -0.817. The third kappa shape index (κ3) is 4.75. The number of para-hydroxylation sites is 2. The monoisotopic (exact) mass is 473 g/mol. The number of carbonyl (C=O) groups excluding carboxylic acids is 1. The van der Waals surface area contributed by atoms with Crippen molar-refractivity contribution >= 4 is 33.8 Å². The second-order valence-electron chi connectivity index (χ2n) is 7.26. The average Bonchev–Trinajstić information content (AvgIpc) is 3.30. The van der Waals surface area contributed by atoms with E-state index >= 15 is 0 Å². The molecular weight excluding hydrogens is 455 g/mol. The van der Waals surface area contributed by atoms with Gasteiger partial charge in [0.05, 0.1) is 22.2 Å². The summed E-state index contributed by atoms with van der Waals surface area (Å²) in [4.78, 5) is 39.7. The SMILES string of the molecule is O=C(Cn1c(=O)n(CCc2cccs2)c(=O)c2ccccc21)Nc1ccccc1C(F)(F)F. The molecule has 0 fully saturated rings. The number of hydrogen-bond acceptors (Lipinski definition) is 4. The van der Waals surface area contributed by atoms with Crippen LogP contribution in [-0.2, 0) is 30.5 Å². The molecule has 0 saturated carbocycles. The fraction of sp³-hybridized carbons (Fsp3) is 0.174. The van der Waals surface area contributed by atoms with E-state index in [1.807, 2.05) is 17.5 Å². The number of aromatic nitrogens is 2. The minimum absolute atomic E-state index is 0.113. The number of amides is 1. The molecule has 170 valence electrons. The van der Waals surface area contributed by atoms with Gasteiger partial charge in [0.1, 0.15) is 6.54 Å². The van der Waals surface area contributed by atoms with Crippen LogP contribution in [0.15, 0.2) is 75.6 Å². The molecule has 0 atom stereocenters. The third-order valence-corrected chi connectivity index (χ3v) is 6.04. The maximum atomic E-state index is 13.3. The number of halogens is 3. The molecule has 4 rings (SSSR count). The first-order valence-electron chi connectivity index (χ1n) is 9.96. The molecule has 6 nitrogen and oxygen atoms in total. The zero-order valence-electron chi connectivity index (χ0n) is 17.1. The van der Waals surface area contributed by atoms with Crippen molar-refractivity contribution < 1.29 is 18.0 Å². The second-order valence-corrected chi connectivity index (χ2v) is 8.30. The number of nitrogens with zero attached hydrogens (tertiary/aromatic N) is 2. The number of nitrogens with one attached hydrogen (secondary N) is 1. The topological polar surface area (TPSA) is 73.1 Å². The van der Waals surface area contributed by atoms with Crippen molar-refractivity contribution in [2.24, 2.45) is 0 Å². The quantitative estimate of drug-likeness (QED) is 0.458. The van der Waals surface area contributed by atoms with Gasteiger partial charge >= 0.3 is 11.9 Å². The predicted molar refractivity (Wildman–Crippen MR) is 121 cm³/mol. The number of benzene rings is 2. The summed E-state index contributed by atoms with van der Waals surface area (Å²) < 4.78 is 41.9. The first-order chi connectivity index (χ1) is 15.8. The summed E-state index contributed by atoms with van der Waals surface area (Å²) in [6, 6.07) is 14.7. The Bertz CT molecular complexity index is 1420. The molecule has 0 bridgehead atoms. The molecule has 2 aromatic heterocycles. The zero-order valence-corrected chi connectivity index (χ0v) is 17.9. The van der Waals surface area contributed by atoms with Crippen LogP contribution in [0.25, 0.3) is 10.9 Å². The van der Waals surface area contributed by atoms with E-state index in [9.17, 15) is 27.6 Å². The van der Waals surface area contributed by atoms with E-state index in [0.29, 0.717) is 6.42 Å². The van der Waals surface area contributed by atoms with Crippen molar-refractivity contribution in [3.05, 3.63) is 97.3 Å². The number of aryl methyl sites for hydroxylation is 1. The molecule has 0 spiro atoms. The van der Waals surface area contributed by atoms with Crippen LogP contribution in [0, 0.1) is 0 Å². The third-order valence-electron chi connectivity index (χ3n) is 5.10. The number of hydrogen-bond donors (Lipinski definition) is 1. The van der Waals surface area contributed by atoms with E-state index in [4.69, 9.17) is 0 Å². The van der Waals surface area contributed by atoms with Gasteiger partial charge in [0.15, 0.2) is 0 Å². The predicted octanol–water partition coefficient (Wildman–Crippen LogP) is 4.12. The molecule has 0 aliphatic rings. The van der Waals surface area contributed by atoms with Crippen LogP contribution < -0.4 is 16.6 Å². The Balaban J connectivity index is 1.70. The van der Waals surface area contributed by atoms with Crippen LogP contribution in [0.2, 0.25) is 0 Å². The van der Waals surface area contributed by atoms with E-state index < -0.39 is 41.1 Å². The lowest BCUT2D eigenvalue weighted by Gasteiger charge is -2.16. The first kappa shape index (κ1) is 22.5. The minimum Gasteiger partial charge on any atom is -0.324 e. The molecule has 0 aliphatic carbocycles. The lowest BCUT2D eigenvalue weighted by molar-refractivity contribution is -0.137. The summed E-state index contributed by atoms with van der Waals surface area (Å²) in [6.07, 6.45) is -4.20. The van der Waals surface area contributed by atoms with Crippen molar-refractivity contribution in [3.8, 4) is 0 Å². The van der Waals surface area contributed by atoms with Gasteiger partial charge in [0.2, 0.25) is 5.91 Å². The molecule has 2 aromatic carbocycles. The Hall–Kier alpha value is -3.66. The Labute approximate surface area is 189 Å². The van der Waals surface area contributed by atoms with Crippen LogP contribution in [0.3, 0.4) is 0 Å². The molecule has 0 radical (unpaired) electrons. The molecule has 1 N–H and O–H groups in total. The molecule has 10 heteroatoms. The maximum Gasteiger partial charge on any atom is 0.418 e. The molecular formula is C23H18F3N3O3S. The van der Waals surface area contributed by atoms with Gasteiger partial charge in [0.25, 0.3) is 5.56 Å². The van der Waals surface area contributed by atoms with Crippen molar-refractivity contribution in [1.82, 2.24) is 9.13 Å². The highest BCUT2D eigenvalue weighted by Gasteiger charge is 2.33. The van der Waals surface area contributed by atoms with E-state index in [1.165, 1.54) is 29.5 Å². The van der Waals surface area contributed by atoms with Crippen LogP contribution in [0.1, 0.15) is 10.4 Å². The number of fused-ring (bicyclic) bond motifs is 1. The summed E-state index contributed by atoms with van der Waals surface area (Å²) in [7, 11) is 0. The summed E-state index contributed by atoms with van der Waals surface area (Å²) in [5.41, 5.74) is -2.34. The van der Waals surface area contributed by atoms with Crippen LogP contribution in [0.5, 0.6) is 0 Å². The van der Waals surface area contributed by atoms with Crippen molar-refractivity contribution in [2.75, 3.05) is 5.32 Å². The molecule has 0 aliphatic heterocycles. The van der Waals surface area contributed by atoms with E-state index in [2.05, 4.69) is 5.32 Å². The number of alkyl halides is 3. The van der Waals surface area contributed by atoms with Crippen molar-refractivity contribution in [1.29, 1.82) is 0 Å². The molecule has 4 aromatic rings. The highest BCUT2D eigenvalue weighted by molar-refractivity contribution is 7.09. The normalized spacial score (nSPS) is 11.6. The van der Waals surface area contributed by atoms with E-state index in [-0.39, 0.29) is 17.4 Å². The van der Waals surface area contributed by atoms with Gasteiger partial charge in [0, 0.05) is 11.4 Å². The fourth-order valence-electron chi connectivity index (χ4n) is 3.57. The standard InChI is InChI=1S/C23H18F3N3O3S/c24-23(25,26)17-8-2-3-9-18(17)27-20(30)14-29-19-10-4-1-7-16(19)21(31)28(22(29)32)12-11-15-6-5-13-33-15/h1-10,13H,11-12,14H2,(H,27,30). The van der Waals surface area contributed by atoms with E-state index in [1.54, 1.807) is 18.2 Å². The molecule has 0 unspecified atom stereocenters. The number of carbonyl (C=O) groups is 1. The van der Waals surface area contributed by atoms with E-state index in [0.717, 1.165) is 26.1 Å². The zero-order chi connectivity index (χ0) is 23.6. The minimum atomic E-state index is -4.65. The van der Waals surface area contributed by atoms with Gasteiger partial charge in [-0.15, -0.1) is 11.3 Å². The number of thiophene rings is 1. The van der Waals surface area contributed by atoms with Crippen LogP contribution >= 0.6 is 11.3 Å². The van der Waals surface area contributed by atoms with Crippen LogP contribution in [-0.4, -0.2) is 15.0 Å². The average molecular weight is 473 g/mol. The Kier molecular flexibility index (Phi) is 6.19. The lowest BCUT2D eigenvalue weighted by Crippen LogP contribution is -2.42. The van der Waals surface area contributed by atoms with Crippen molar-refractivity contribution in [2.45, 2.75) is 25.7 Å². The van der Waals surface area contributed by atoms with Crippen LogP contribution in [0.4, 0.5) is 18.9 Å². The summed E-state index contributed by atoms with van der Waals surface area (Å²) >= 11 is 1.50. The molecule has 0 saturated heterocycles. The Morgan fingerprint density at radius 2 is 1.67 bits per heavy atom. The van der Waals surface area contributed by atoms with Gasteiger partial charge in [-0.2, -0.15) is 13.2 Å². The van der Waals surface area contributed by atoms with Gasteiger partial charge < -0.3 is 5.32 Å². The largest absolute Gasteiger partial charge is 0.418 e. The first-order valence-corrected chi connectivity index (χ1v) is 10.8. The van der Waals surface area contributed by atoms with Gasteiger partial charge in [-0.05, 0) is 42.1 Å². The number of rotatable bonds is 6. The van der Waals surface area contributed by atoms with Gasteiger partial charge in [-0.25, -0.2) is 4.79 Å². The summed E-state index contributed by atoms with van der Waals surface area (Å²) in [6.45, 7) is -0.438. The Morgan fingerprint density at radius 1 is 0.939 bits per heavy atom. The highest BCUT2D eigenvalue weighted by Crippen LogP contribution is 2.34. The van der Waals surface area contributed by atoms with Gasteiger partial charge in [-0.1, -0.05) is 30.3 Å². The number of anilines is 1. The maximum absolute atomic E-state index is 13.3. The van der Waals surface area contributed by atoms with Crippen molar-refractivity contribution in [3.63, 3.8) is 0 Å². The smallest absolute Gasteiger partial charge is 0.324 e. The Morgan fingerprint density at radius 3 is 2.39 bits per heavy atom.